The maximum Gasteiger partial charge on any atom is 0.129 e. The summed E-state index contributed by atoms with van der Waals surface area (Å²) in [6.45, 7) is 1.58. The van der Waals surface area contributed by atoms with Gasteiger partial charge in [0.1, 0.15) is 5.82 Å². The quantitative estimate of drug-likeness (QED) is 0.823. The van der Waals surface area contributed by atoms with E-state index < -0.39 is 0 Å². The van der Waals surface area contributed by atoms with Crippen LogP contribution < -0.4 is 4.90 Å². The average molecular weight is 259 g/mol. The van der Waals surface area contributed by atoms with Crippen molar-refractivity contribution in [1.82, 2.24) is 4.98 Å². The van der Waals surface area contributed by atoms with E-state index in [-0.39, 0.29) is 19.3 Å². The van der Waals surface area contributed by atoms with Crippen LogP contribution in [0.1, 0.15) is 5.69 Å². The van der Waals surface area contributed by atoms with E-state index in [4.69, 9.17) is 21.4 Å². The Labute approximate surface area is 105 Å². The van der Waals surface area contributed by atoms with Crippen LogP contribution in [0.25, 0.3) is 0 Å². The first-order valence-corrected chi connectivity index (χ1v) is 5.85. The lowest BCUT2D eigenvalue weighted by atomic mass is 10.2. The van der Waals surface area contributed by atoms with Crippen molar-refractivity contribution in [1.29, 1.82) is 0 Å². The third-order valence-electron chi connectivity index (χ3n) is 2.79. The fourth-order valence-corrected chi connectivity index (χ4v) is 2.02. The molecule has 1 aromatic rings. The minimum atomic E-state index is -0.194. The topological polar surface area (TPSA) is 65.8 Å². The molecular weight excluding hydrogens is 244 g/mol. The molecule has 1 fully saturated rings. The van der Waals surface area contributed by atoms with E-state index in [1.165, 1.54) is 0 Å². The van der Waals surface area contributed by atoms with Crippen LogP contribution in [0.2, 0.25) is 5.02 Å². The highest BCUT2D eigenvalue weighted by Crippen LogP contribution is 2.22. The number of halogens is 1. The normalized spacial score (nSPS) is 20.6. The van der Waals surface area contributed by atoms with Gasteiger partial charge in [-0.3, -0.25) is 0 Å². The van der Waals surface area contributed by atoms with Gasteiger partial charge < -0.3 is 19.8 Å². The summed E-state index contributed by atoms with van der Waals surface area (Å²) in [6.07, 6.45) is 0. The number of morpholine rings is 1. The van der Waals surface area contributed by atoms with Crippen LogP contribution in [-0.4, -0.2) is 47.6 Å². The number of anilines is 1. The van der Waals surface area contributed by atoms with Gasteiger partial charge in [0.2, 0.25) is 0 Å². The molecule has 0 saturated carbocycles. The second kappa shape index (κ2) is 5.64. The third kappa shape index (κ3) is 2.69. The van der Waals surface area contributed by atoms with Gasteiger partial charge >= 0.3 is 0 Å². The molecule has 1 atom stereocenters. The fourth-order valence-electron chi connectivity index (χ4n) is 1.85. The van der Waals surface area contributed by atoms with Gasteiger partial charge in [-0.05, 0) is 12.1 Å². The first kappa shape index (κ1) is 12.6. The predicted octanol–water partition coefficient (Wildman–Crippen LogP) is 0.425. The molecule has 2 heterocycles. The van der Waals surface area contributed by atoms with E-state index in [0.29, 0.717) is 36.3 Å². The zero-order valence-electron chi connectivity index (χ0n) is 9.34. The summed E-state index contributed by atoms with van der Waals surface area (Å²) in [5.74, 6) is 0.709. The summed E-state index contributed by atoms with van der Waals surface area (Å²) in [6, 6.07) is 3.40. The van der Waals surface area contributed by atoms with Crippen molar-refractivity contribution in [3.05, 3.63) is 22.8 Å². The maximum atomic E-state index is 9.28. The van der Waals surface area contributed by atoms with Crippen LogP contribution in [0.4, 0.5) is 5.82 Å². The van der Waals surface area contributed by atoms with Gasteiger partial charge in [-0.15, -0.1) is 0 Å². The number of pyridine rings is 1. The largest absolute Gasteiger partial charge is 0.394 e. The van der Waals surface area contributed by atoms with Gasteiger partial charge in [0.05, 0.1) is 43.2 Å². The third-order valence-corrected chi connectivity index (χ3v) is 3.13. The SMILES string of the molecule is OCc1nc(N2CCOCC2CO)ccc1Cl. The van der Waals surface area contributed by atoms with E-state index in [1.807, 2.05) is 4.90 Å². The zero-order chi connectivity index (χ0) is 12.3. The lowest BCUT2D eigenvalue weighted by Crippen LogP contribution is -2.48. The molecular formula is C11H15ClN2O3. The molecule has 1 unspecified atom stereocenters. The highest BCUT2D eigenvalue weighted by molar-refractivity contribution is 6.31. The predicted molar refractivity (Wildman–Crippen MR) is 64.2 cm³/mol. The molecule has 0 radical (unpaired) electrons. The minimum Gasteiger partial charge on any atom is -0.394 e. The molecule has 17 heavy (non-hydrogen) atoms. The fraction of sp³-hybridized carbons (Fsp3) is 0.545. The number of aliphatic hydroxyl groups excluding tert-OH is 2. The lowest BCUT2D eigenvalue weighted by Gasteiger charge is -2.35. The van der Waals surface area contributed by atoms with Crippen molar-refractivity contribution in [2.24, 2.45) is 0 Å². The Bertz CT molecular complexity index is 389. The van der Waals surface area contributed by atoms with Gasteiger partial charge in [-0.1, -0.05) is 11.6 Å². The second-order valence-corrected chi connectivity index (χ2v) is 4.27. The Morgan fingerprint density at radius 2 is 2.29 bits per heavy atom. The molecule has 0 spiro atoms. The van der Waals surface area contributed by atoms with Gasteiger partial charge in [0.15, 0.2) is 0 Å². The van der Waals surface area contributed by atoms with Crippen molar-refractivity contribution in [2.45, 2.75) is 12.6 Å². The smallest absolute Gasteiger partial charge is 0.129 e. The molecule has 5 nitrogen and oxygen atoms in total. The lowest BCUT2D eigenvalue weighted by molar-refractivity contribution is 0.0722. The Morgan fingerprint density at radius 1 is 1.47 bits per heavy atom. The van der Waals surface area contributed by atoms with Crippen LogP contribution in [0.3, 0.4) is 0 Å². The van der Waals surface area contributed by atoms with E-state index in [1.54, 1.807) is 12.1 Å². The van der Waals surface area contributed by atoms with Gasteiger partial charge in [-0.25, -0.2) is 4.98 Å². The molecule has 0 amide bonds. The Kier molecular flexibility index (Phi) is 4.17. The Balaban J connectivity index is 2.25. The summed E-state index contributed by atoms with van der Waals surface area (Å²) in [7, 11) is 0. The molecule has 2 rings (SSSR count). The molecule has 1 aliphatic rings. The first-order valence-electron chi connectivity index (χ1n) is 5.47. The van der Waals surface area contributed by atoms with Crippen molar-refractivity contribution in [2.75, 3.05) is 31.3 Å². The Morgan fingerprint density at radius 3 is 3.00 bits per heavy atom. The number of hydrogen-bond acceptors (Lipinski definition) is 5. The number of aromatic nitrogens is 1. The summed E-state index contributed by atoms with van der Waals surface area (Å²) in [5, 5.41) is 18.9. The minimum absolute atomic E-state index is 0.0127. The Hall–Kier alpha value is -0.880. The molecule has 1 aromatic heterocycles. The van der Waals surface area contributed by atoms with Crippen LogP contribution in [0.5, 0.6) is 0 Å². The van der Waals surface area contributed by atoms with Gasteiger partial charge in [-0.2, -0.15) is 0 Å². The van der Waals surface area contributed by atoms with E-state index >= 15 is 0 Å². The number of rotatable bonds is 3. The highest BCUT2D eigenvalue weighted by Gasteiger charge is 2.23. The molecule has 0 bridgehead atoms. The molecule has 1 aliphatic heterocycles. The monoisotopic (exact) mass is 258 g/mol. The van der Waals surface area contributed by atoms with Crippen molar-refractivity contribution in [3.8, 4) is 0 Å². The highest BCUT2D eigenvalue weighted by atomic mass is 35.5. The van der Waals surface area contributed by atoms with E-state index in [2.05, 4.69) is 4.98 Å². The molecule has 94 valence electrons. The second-order valence-electron chi connectivity index (χ2n) is 3.86. The van der Waals surface area contributed by atoms with Crippen LogP contribution in [0, 0.1) is 0 Å². The number of aliphatic hydroxyl groups is 2. The number of nitrogens with zero attached hydrogens (tertiary/aromatic N) is 2. The molecule has 0 aromatic carbocycles. The van der Waals surface area contributed by atoms with Crippen LogP contribution >= 0.6 is 11.6 Å². The summed E-state index contributed by atoms with van der Waals surface area (Å²) >= 11 is 5.89. The maximum absolute atomic E-state index is 9.28. The zero-order valence-corrected chi connectivity index (χ0v) is 10.1. The van der Waals surface area contributed by atoms with Gasteiger partial charge in [0.25, 0.3) is 0 Å². The molecule has 1 saturated heterocycles. The van der Waals surface area contributed by atoms with Crippen LogP contribution in [-0.2, 0) is 11.3 Å². The van der Waals surface area contributed by atoms with Crippen molar-refractivity contribution < 1.29 is 14.9 Å². The summed E-state index contributed by atoms with van der Waals surface area (Å²) in [5.41, 5.74) is 0.451. The van der Waals surface area contributed by atoms with Crippen molar-refractivity contribution in [3.63, 3.8) is 0 Å². The van der Waals surface area contributed by atoms with Crippen LogP contribution in [0.15, 0.2) is 12.1 Å². The standard InChI is InChI=1S/C11H15ClN2O3/c12-9-1-2-11(13-10(9)6-16)14-3-4-17-7-8(14)5-15/h1-2,8,15-16H,3-7H2. The summed E-state index contributed by atoms with van der Waals surface area (Å²) in [4.78, 5) is 6.26. The number of ether oxygens (including phenoxy) is 1. The van der Waals surface area contributed by atoms with Gasteiger partial charge in [0, 0.05) is 6.54 Å². The molecule has 6 heteroatoms. The van der Waals surface area contributed by atoms with E-state index in [0.717, 1.165) is 0 Å². The molecule has 0 aliphatic carbocycles. The van der Waals surface area contributed by atoms with E-state index in [9.17, 15) is 5.11 Å². The summed E-state index contributed by atoms with van der Waals surface area (Å²) < 4.78 is 5.30. The first-order chi connectivity index (χ1) is 8.26. The van der Waals surface area contributed by atoms with Crippen molar-refractivity contribution >= 4 is 17.4 Å². The molecule has 2 N–H and O–H groups in total. The average Bonchev–Trinajstić information content (AvgIpc) is 2.39. The number of hydrogen-bond donors (Lipinski definition) is 2.